The number of amides is 1. The van der Waals surface area contributed by atoms with Gasteiger partial charge in [0.1, 0.15) is 5.82 Å². The monoisotopic (exact) mass is 179 g/mol. The Hall–Kier alpha value is -2.00. The Bertz CT molecular complexity index is 354. The van der Waals surface area contributed by atoms with E-state index >= 15 is 0 Å². The highest BCUT2D eigenvalue weighted by molar-refractivity contribution is 6.29. The molecule has 0 unspecified atom stereocenters. The molecule has 0 radical (unpaired) electrons. The van der Waals surface area contributed by atoms with Gasteiger partial charge in [0.2, 0.25) is 0 Å². The van der Waals surface area contributed by atoms with Crippen LogP contribution in [0.25, 0.3) is 5.53 Å². The summed E-state index contributed by atoms with van der Waals surface area (Å²) in [5.74, 6) is -0.956. The van der Waals surface area contributed by atoms with Crippen molar-refractivity contribution in [2.45, 2.75) is 0 Å². The number of benzene rings is 1. The number of carbonyl (C=O) groups excluding carboxylic acids is 1. The predicted octanol–water partition coefficient (Wildman–Crippen LogP) is 1.06. The first-order chi connectivity index (χ1) is 6.22. The van der Waals surface area contributed by atoms with E-state index in [1.54, 1.807) is 0 Å². The Labute approximate surface area is 73.6 Å². The second-order valence-electron chi connectivity index (χ2n) is 2.24. The molecule has 0 bridgehead atoms. The van der Waals surface area contributed by atoms with Crippen LogP contribution in [-0.4, -0.2) is 16.9 Å². The zero-order valence-corrected chi connectivity index (χ0v) is 6.57. The molecule has 4 nitrogen and oxygen atoms in total. The number of hydrogen-bond acceptors (Lipinski definition) is 1. The van der Waals surface area contributed by atoms with Gasteiger partial charge in [0.15, 0.2) is 0 Å². The molecule has 13 heavy (non-hydrogen) atoms. The third-order valence-electron chi connectivity index (χ3n) is 1.29. The van der Waals surface area contributed by atoms with Gasteiger partial charge in [0, 0.05) is 5.69 Å². The van der Waals surface area contributed by atoms with Crippen LogP contribution >= 0.6 is 0 Å². The van der Waals surface area contributed by atoms with Crippen molar-refractivity contribution in [1.29, 1.82) is 0 Å². The van der Waals surface area contributed by atoms with Crippen LogP contribution in [0.2, 0.25) is 0 Å². The van der Waals surface area contributed by atoms with E-state index in [4.69, 9.17) is 5.53 Å². The molecule has 0 aliphatic rings. The van der Waals surface area contributed by atoms with E-state index in [0.717, 1.165) is 0 Å². The standard InChI is InChI=1S/C8H6FN3O/c9-6-1-3-7(4-2-6)12-8(13)5-11-10/h1-5H,(H,12,13). The van der Waals surface area contributed by atoms with Gasteiger partial charge < -0.3 is 10.8 Å². The van der Waals surface area contributed by atoms with Crippen molar-refractivity contribution in [2.75, 3.05) is 5.32 Å². The van der Waals surface area contributed by atoms with E-state index < -0.39 is 5.91 Å². The zero-order valence-electron chi connectivity index (χ0n) is 6.57. The van der Waals surface area contributed by atoms with Crippen LogP contribution in [0.1, 0.15) is 0 Å². The number of rotatable bonds is 2. The van der Waals surface area contributed by atoms with E-state index in [2.05, 4.69) is 10.1 Å². The van der Waals surface area contributed by atoms with Crippen LogP contribution in [-0.2, 0) is 4.79 Å². The van der Waals surface area contributed by atoms with Gasteiger partial charge in [0.25, 0.3) is 0 Å². The molecule has 1 N–H and O–H groups in total. The summed E-state index contributed by atoms with van der Waals surface area (Å²) in [6, 6.07) is 5.23. The summed E-state index contributed by atoms with van der Waals surface area (Å²) < 4.78 is 12.4. The quantitative estimate of drug-likeness (QED) is 0.411. The smallest absolute Gasteiger partial charge is 0.344 e. The average Bonchev–Trinajstić information content (AvgIpc) is 2.09. The summed E-state index contributed by atoms with van der Waals surface area (Å²) in [6.07, 6.45) is 0.712. The second kappa shape index (κ2) is 4.13. The maximum absolute atomic E-state index is 12.4. The van der Waals surface area contributed by atoms with Crippen LogP contribution in [0.5, 0.6) is 0 Å². The van der Waals surface area contributed by atoms with Crippen LogP contribution < -0.4 is 5.32 Å². The molecule has 0 saturated carbocycles. The number of carbonyl (C=O) groups is 1. The number of nitrogens with zero attached hydrogens (tertiary/aromatic N) is 2. The molecule has 0 atom stereocenters. The maximum Gasteiger partial charge on any atom is 0.344 e. The lowest BCUT2D eigenvalue weighted by atomic mass is 10.3. The van der Waals surface area contributed by atoms with Crippen molar-refractivity contribution in [3.63, 3.8) is 0 Å². The van der Waals surface area contributed by atoms with Crippen LogP contribution in [0.3, 0.4) is 0 Å². The zero-order chi connectivity index (χ0) is 9.68. The van der Waals surface area contributed by atoms with Gasteiger partial charge in [-0.2, -0.15) is 4.79 Å². The van der Waals surface area contributed by atoms with Crippen molar-refractivity contribution < 1.29 is 14.0 Å². The highest BCUT2D eigenvalue weighted by atomic mass is 19.1. The Morgan fingerprint density at radius 2 is 2.08 bits per heavy atom. The fourth-order valence-corrected chi connectivity index (χ4v) is 0.760. The molecule has 1 aromatic rings. The molecule has 0 aromatic heterocycles. The molecular weight excluding hydrogens is 173 g/mol. The maximum atomic E-state index is 12.4. The minimum Gasteiger partial charge on any atom is -0.361 e. The Morgan fingerprint density at radius 1 is 1.46 bits per heavy atom. The van der Waals surface area contributed by atoms with Crippen molar-refractivity contribution in [3.05, 3.63) is 35.6 Å². The van der Waals surface area contributed by atoms with Gasteiger partial charge in [-0.25, -0.2) is 4.39 Å². The fourth-order valence-electron chi connectivity index (χ4n) is 0.760. The lowest BCUT2D eigenvalue weighted by Crippen LogP contribution is -2.12. The molecule has 0 aliphatic carbocycles. The molecule has 0 heterocycles. The van der Waals surface area contributed by atoms with E-state index in [1.807, 2.05) is 0 Å². The summed E-state index contributed by atoms with van der Waals surface area (Å²) in [5.41, 5.74) is 8.44. The Kier molecular flexibility index (Phi) is 2.89. The predicted molar refractivity (Wildman–Crippen MR) is 44.7 cm³/mol. The van der Waals surface area contributed by atoms with Gasteiger partial charge in [0.05, 0.1) is 0 Å². The normalized spacial score (nSPS) is 8.69. The molecule has 0 aliphatic heterocycles. The van der Waals surface area contributed by atoms with Gasteiger partial charge in [-0.15, -0.1) is 0 Å². The van der Waals surface area contributed by atoms with E-state index in [1.165, 1.54) is 24.3 Å². The highest BCUT2D eigenvalue weighted by Crippen LogP contribution is 2.07. The van der Waals surface area contributed by atoms with Crippen molar-refractivity contribution in [3.8, 4) is 0 Å². The lowest BCUT2D eigenvalue weighted by molar-refractivity contribution is -0.113. The molecule has 1 aromatic carbocycles. The summed E-state index contributed by atoms with van der Waals surface area (Å²) in [7, 11) is 0. The van der Waals surface area contributed by atoms with Crippen LogP contribution in [0.4, 0.5) is 10.1 Å². The first kappa shape index (κ1) is 9.09. The van der Waals surface area contributed by atoms with Crippen LogP contribution in [0, 0.1) is 5.82 Å². The number of anilines is 1. The third-order valence-corrected chi connectivity index (χ3v) is 1.29. The number of hydrogen-bond donors (Lipinski definition) is 1. The van der Waals surface area contributed by atoms with Crippen molar-refractivity contribution in [2.24, 2.45) is 0 Å². The molecule has 0 saturated heterocycles. The van der Waals surface area contributed by atoms with Crippen molar-refractivity contribution >= 4 is 17.8 Å². The summed E-state index contributed by atoms with van der Waals surface area (Å²) in [6.45, 7) is 0. The fraction of sp³-hybridized carbons (Fsp3) is 0. The van der Waals surface area contributed by atoms with E-state index in [-0.39, 0.29) is 5.82 Å². The second-order valence-corrected chi connectivity index (χ2v) is 2.24. The first-order valence-electron chi connectivity index (χ1n) is 3.46. The summed E-state index contributed by atoms with van der Waals surface area (Å²) in [4.78, 5) is 13.3. The summed E-state index contributed by atoms with van der Waals surface area (Å²) in [5, 5.41) is 2.36. The molecule has 1 amide bonds. The van der Waals surface area contributed by atoms with Gasteiger partial charge in [-0.3, -0.25) is 4.79 Å². The van der Waals surface area contributed by atoms with E-state index in [0.29, 0.717) is 11.9 Å². The molecule has 5 heteroatoms. The lowest BCUT2D eigenvalue weighted by Gasteiger charge is -1.97. The van der Waals surface area contributed by atoms with Gasteiger partial charge in [-0.05, 0) is 24.3 Å². The van der Waals surface area contributed by atoms with Crippen molar-refractivity contribution in [1.82, 2.24) is 0 Å². The first-order valence-corrected chi connectivity index (χ1v) is 3.46. The topological polar surface area (TPSA) is 65.5 Å². The van der Waals surface area contributed by atoms with Gasteiger partial charge in [-0.1, -0.05) is 0 Å². The number of nitrogens with one attached hydrogen (secondary N) is 1. The largest absolute Gasteiger partial charge is 0.361 e. The Balaban J connectivity index is 2.69. The Morgan fingerprint density at radius 3 is 2.62 bits per heavy atom. The minimum absolute atomic E-state index is 0.381. The summed E-state index contributed by atoms with van der Waals surface area (Å²) >= 11 is 0. The molecule has 1 rings (SSSR count). The minimum atomic E-state index is -0.575. The average molecular weight is 179 g/mol. The molecule has 0 spiro atoms. The molecule has 0 fully saturated rings. The van der Waals surface area contributed by atoms with E-state index in [9.17, 15) is 9.18 Å². The van der Waals surface area contributed by atoms with Gasteiger partial charge >= 0.3 is 12.1 Å². The number of halogens is 1. The van der Waals surface area contributed by atoms with Crippen LogP contribution in [0.15, 0.2) is 24.3 Å². The highest BCUT2D eigenvalue weighted by Gasteiger charge is 2.01. The molecule has 66 valence electrons. The third kappa shape index (κ3) is 2.84. The molecular formula is C8H6FN3O. The SMILES string of the molecule is [N-]=[N+]=CC(=O)Nc1ccc(F)cc1.